The minimum atomic E-state index is -1.92. The van der Waals surface area contributed by atoms with Gasteiger partial charge in [-0.3, -0.25) is 20.1 Å². The number of carboxylic acids is 1. The number of benzene rings is 7. The van der Waals surface area contributed by atoms with E-state index < -0.39 is 52.5 Å². The van der Waals surface area contributed by atoms with Crippen LogP contribution in [0, 0.1) is 6.92 Å². The maximum atomic E-state index is 12.2. The lowest BCUT2D eigenvalue weighted by Gasteiger charge is -2.36. The number of aromatic nitrogens is 16. The van der Waals surface area contributed by atoms with Gasteiger partial charge >= 0.3 is 29.8 Å². The summed E-state index contributed by atoms with van der Waals surface area (Å²) in [6, 6.07) is 52.6. The van der Waals surface area contributed by atoms with Crippen molar-refractivity contribution in [1.29, 1.82) is 0 Å². The number of esters is 4. The highest BCUT2D eigenvalue weighted by Gasteiger charge is 2.40. The zero-order valence-electron chi connectivity index (χ0n) is 122. The molecule has 0 amide bonds. The van der Waals surface area contributed by atoms with Crippen molar-refractivity contribution in [1.82, 2.24) is 79.9 Å². The van der Waals surface area contributed by atoms with E-state index in [2.05, 4.69) is 144 Å². The van der Waals surface area contributed by atoms with Crippen LogP contribution in [0.4, 0.5) is 0 Å². The number of carbonyl (C=O) groups excluding carboxylic acids is 4. The standard InChI is InChI=1S/C21H27N3O3Si.C16H15N3O2.C13H9N3O3.C13H20N2OSi.C10H13NO3.C8H8ClNO2.C8H8N2O.C7H6N2O.24H2/c1-7-26-20(25)17-9-8-12-22-19(17)24-14-15-13-16(10-11-18(15)23-24)27-28(5,6)21(2,3)4;1-3-21-16(20)13-5-4-8-17-15(13)19-14-7-6-11(2)9-12(14)10-18-19;17-9-3-4-11-8(6-9)7-15-16(11)12-10(13(18)19)2-1-5-14-12;1-13(2,3)17(4,5)16-11-6-7-12-10(8-11)9-14-15-12;1-14-10(13)9(11)6-7-2-4-8(12)5-3-7;1-2-12-8(11)6-4-3-5-10-7(6)9;1-11-7-2-3-8-6(4-7)5-9-10-8;10-6-1-2-7-5(3-6)4-8-9-7;;;;;;;;;;;;;;;;;;;;;;;;/h8-14H,7H2,1-6H3;4-10H,3H2,1-2H3;1-7,17H,(H,18,19);6-9H,1-5H3,(H,14,15);2-5,9,12H,6,11H2,1H3;3-5H,2H2,1H3;2-5H,1H3,(H,9,10);1-4,10H,(H,8,9);24*1H/t;;;;9-;;;;;;;;;;;;;;;;;;;;;;;;;;;/m....0.........................../s1/i;;;;;;;;23*1+1D;1+1. The number of nitrogens with one attached hydrogen (secondary N) is 3. The van der Waals surface area contributed by atoms with E-state index >= 15 is 0 Å². The number of halogens is 1. The predicted molar refractivity (Wildman–Crippen MR) is 562 cm³/mol. The normalized spacial score (nSPS) is 12.7. The molecule has 0 spiro atoms. The lowest BCUT2D eigenvalue weighted by atomic mass is 10.1. The molecule has 0 saturated heterocycles. The molecular weight excluding hydrogens is 1740 g/mol. The molecule has 0 saturated carbocycles. The summed E-state index contributed by atoms with van der Waals surface area (Å²) in [7, 11) is -0.709. The molecule has 7 aromatic carbocycles. The summed E-state index contributed by atoms with van der Waals surface area (Å²) in [5.41, 5.74) is 14.2. The monoisotopic (exact) mass is 1940 g/mol. The molecule has 0 unspecified atom stereocenters. The van der Waals surface area contributed by atoms with E-state index in [1.54, 1.807) is 171 Å². The first-order valence-electron chi connectivity index (χ1n) is 64.8. The van der Waals surface area contributed by atoms with Crippen molar-refractivity contribution in [3.05, 3.63) is 282 Å². The van der Waals surface area contributed by atoms with Crippen molar-refractivity contribution < 1.29 is 147 Å². The molecule has 36 heteroatoms. The number of phenols is 3. The molecule has 734 valence electrons. The molecular formula is C96H154ClN17O16Si2. The number of rotatable bonds is 18. The maximum absolute atomic E-state index is 12.2. The van der Waals surface area contributed by atoms with E-state index in [0.717, 1.165) is 82.9 Å². The summed E-state index contributed by atoms with van der Waals surface area (Å²) in [6.07, 6.45) is 17.2. The zero-order valence-corrected chi connectivity index (χ0v) is 78.7. The maximum Gasteiger partial charge on any atom is 0.341 e. The Hall–Kier alpha value is -15.2. The first kappa shape index (κ1) is 70.7. The Labute approximate surface area is 840 Å². The number of aryl methyl sites for hydroxylation is 1. The molecule has 9 N–H and O–H groups in total. The number of aromatic carboxylic acids is 1. The number of carbonyl (C=O) groups is 5. The van der Waals surface area contributed by atoms with Gasteiger partial charge in [0.05, 0.1) is 104 Å². The fraction of sp³-hybridized carbons (Fsp3) is 0.240. The van der Waals surface area contributed by atoms with Crippen molar-refractivity contribution in [2.24, 2.45) is 5.73 Å². The first-order valence-corrected chi connectivity index (χ1v) is 48.0. The first-order chi connectivity index (χ1) is 85.9. The minimum Gasteiger partial charge on any atom is -0.543 e. The number of nitrogens with zero attached hydrogens (tertiary/aromatic N) is 13. The summed E-state index contributed by atoms with van der Waals surface area (Å²) in [5, 5.41) is 76.2. The van der Waals surface area contributed by atoms with E-state index in [1.807, 2.05) is 86.0 Å². The van der Waals surface area contributed by atoms with Crippen LogP contribution in [0.15, 0.2) is 244 Å². The van der Waals surface area contributed by atoms with E-state index in [-0.39, 0.29) is 45.3 Å². The molecule has 0 aliphatic carbocycles. The van der Waals surface area contributed by atoms with Crippen LogP contribution in [-0.4, -0.2) is 187 Å². The smallest absolute Gasteiger partial charge is 0.341 e. The third kappa shape index (κ3) is 26.3. The molecule has 33 nitrogen and oxygen atoms in total. The van der Waals surface area contributed by atoms with Crippen molar-refractivity contribution in [3.8, 4) is 52.0 Å². The van der Waals surface area contributed by atoms with Crippen molar-refractivity contribution in [3.63, 3.8) is 0 Å². The van der Waals surface area contributed by atoms with Gasteiger partial charge in [0.15, 0.2) is 17.5 Å². The number of nitrogens with two attached hydrogens (primary N) is 1. The molecule has 0 fully saturated rings. The van der Waals surface area contributed by atoms with Crippen LogP contribution < -0.4 is 19.3 Å². The Morgan fingerprint density at radius 1 is 0.485 bits per heavy atom. The molecule has 17 aromatic rings. The van der Waals surface area contributed by atoms with Gasteiger partial charge in [-0.25, -0.2) is 53.2 Å². The Bertz CT molecular complexity index is 6930. The lowest BCUT2D eigenvalue weighted by Crippen LogP contribution is -2.43. The number of methoxy groups -OCH3 is 2. The fourth-order valence-electron chi connectivity index (χ4n) is 12.0. The molecule has 0 bridgehead atoms. The van der Waals surface area contributed by atoms with Crippen molar-refractivity contribution in [2.75, 3.05) is 34.0 Å². The average molecular weight is 1940 g/mol. The molecule has 1 atom stereocenters. The minimum absolute atomic E-state index is 0. The summed E-state index contributed by atoms with van der Waals surface area (Å²) >= 11 is 5.64. The highest BCUT2D eigenvalue weighted by molar-refractivity contribution is 6.75. The lowest BCUT2D eigenvalue weighted by molar-refractivity contribution is -0.142. The third-order valence-corrected chi connectivity index (χ3v) is 30.0. The van der Waals surface area contributed by atoms with Crippen LogP contribution in [0.25, 0.3) is 82.9 Å². The number of fused-ring (bicyclic) bond motifs is 6. The van der Waals surface area contributed by atoms with Crippen LogP contribution in [-0.2, 0) is 30.2 Å². The van der Waals surface area contributed by atoms with Crippen LogP contribution in [0.1, 0.15) is 185 Å². The van der Waals surface area contributed by atoms with E-state index in [1.165, 1.54) is 36.3 Å². The third-order valence-electron chi connectivity index (χ3n) is 20.9. The number of carboxylic acid groups (broad SMARTS) is 1. The Balaban J connectivity index is -0.000000127. The number of pyridine rings is 4. The second-order valence-corrected chi connectivity index (χ2v) is 42.3. The Morgan fingerprint density at radius 2 is 0.894 bits per heavy atom. The number of aromatic amines is 3. The van der Waals surface area contributed by atoms with E-state index in [9.17, 15) is 29.1 Å². The molecule has 132 heavy (non-hydrogen) atoms. The highest BCUT2D eigenvalue weighted by atomic mass is 35.5. The molecule has 0 aliphatic heterocycles. The van der Waals surface area contributed by atoms with Gasteiger partial charge in [0, 0.05) is 133 Å². The molecule has 17 rings (SSSR count). The summed E-state index contributed by atoms with van der Waals surface area (Å²) < 4.78 is 272. The zero-order chi connectivity index (χ0) is 142. The predicted octanol–water partition coefficient (Wildman–Crippen LogP) is 24.7. The number of hydrogen-bond acceptors (Lipinski definition) is 26. The second kappa shape index (κ2) is 45.2. The molecule has 0 radical (unpaired) electrons. The van der Waals surface area contributed by atoms with Gasteiger partial charge in [-0.15, -0.1) is 0 Å². The van der Waals surface area contributed by atoms with Crippen LogP contribution >= 0.6 is 11.6 Å². The summed E-state index contributed by atoms with van der Waals surface area (Å²) in [6.45, 7) is 30.6. The highest BCUT2D eigenvalue weighted by Crippen LogP contribution is 2.40. The second-order valence-electron chi connectivity index (χ2n) is 32.5. The number of ether oxygens (including phenoxy) is 5. The van der Waals surface area contributed by atoms with Gasteiger partial charge < -0.3 is 58.7 Å². The van der Waals surface area contributed by atoms with E-state index in [0.29, 0.717) is 65.5 Å². The number of H-pyrrole nitrogens is 3. The van der Waals surface area contributed by atoms with Crippen molar-refractivity contribution in [2.45, 2.75) is 118 Å². The summed E-state index contributed by atoms with van der Waals surface area (Å²) in [4.78, 5) is 74.0. The number of hydrogen-bond donors (Lipinski definition) is 8. The largest absolute Gasteiger partial charge is 0.543 e. The number of aromatic hydroxyl groups is 3. The summed E-state index contributed by atoms with van der Waals surface area (Å²) in [5.74, 6) is 1.69. The van der Waals surface area contributed by atoms with Crippen LogP contribution in [0.2, 0.25) is 41.4 Å². The Morgan fingerprint density at radius 3 is 1.39 bits per heavy atom. The average Bonchev–Trinajstić information content (AvgIpc) is 1.65. The fourth-order valence-corrected chi connectivity index (χ4v) is 14.3. The van der Waals surface area contributed by atoms with Gasteiger partial charge in [0.25, 0.3) is 0 Å². The van der Waals surface area contributed by atoms with Gasteiger partial charge in [0.2, 0.25) is 16.6 Å². The SMILES string of the molecule is CC(C)(C)[Si](C)(C)Oc1ccc2[nH]ncc2c1.CCOC(=O)c1cccnc1-n1cc2cc(O[Si](C)(C)C(C)(C)C)ccc2n1.CCOC(=O)c1cccnc1-n1ncc2cc(C)ccc21.CCOC(=O)c1cccnc1Cl.COC(=O)[C@@H](N)Cc1ccc(O)cc1.COc1ccc2[nH]ncc2c1.O=C(O)c1cccnc1-n1ncc2cc(O)ccc21.Oc1ccc2[nH]ncc2c1.[2HH].[2H][2H].[2H][2H].[2H][2H].[2H][2H].[2H][2H].[2H][2H].[2H][2H].[2H][2H].[2H][2H].[2H][2H].[2H][2H].[2H][2H].[2H][2H].[2H][2H].[2H][2H].[2H][2H].[2H][2H].[2H][2H].[2H][2H].[2H][2H].[2H][2H].[2H][2H].[2H][2H]. The van der Waals surface area contributed by atoms with Crippen molar-refractivity contribution >= 4 is 123 Å². The van der Waals surface area contributed by atoms with Crippen LogP contribution in [0.3, 0.4) is 0 Å². The topological polar surface area (TPSA) is 448 Å². The van der Waals surface area contributed by atoms with Gasteiger partial charge in [-0.2, -0.15) is 30.6 Å². The number of phenolic OH excluding ortho intramolecular Hbond substituents is 3. The molecule has 0 aliphatic rings. The van der Waals surface area contributed by atoms with Gasteiger partial charge in [0.1, 0.15) is 62.4 Å². The molecule has 10 aromatic heterocycles. The quantitative estimate of drug-likeness (QED) is 0.0171. The molecule has 10 heterocycles. The Kier molecular flexibility index (Phi) is 24.2. The van der Waals surface area contributed by atoms with Gasteiger partial charge in [-0.05, 0) is 240 Å². The van der Waals surface area contributed by atoms with Crippen LogP contribution in [0.5, 0.6) is 34.5 Å². The van der Waals surface area contributed by atoms with E-state index in [4.69, 9.17) is 129 Å². The van der Waals surface area contributed by atoms with Gasteiger partial charge in [-0.1, -0.05) is 76.9 Å².